The fourth-order valence-electron chi connectivity index (χ4n) is 1.54. The molecule has 0 aliphatic rings. The molecule has 0 heterocycles. The van der Waals surface area contributed by atoms with Gasteiger partial charge in [0.1, 0.15) is 4.90 Å². The minimum absolute atomic E-state index is 0.206. The first-order valence-corrected chi connectivity index (χ1v) is 7.28. The number of hydrogen-bond acceptors (Lipinski definition) is 4. The van der Waals surface area contributed by atoms with E-state index in [0.717, 1.165) is 18.2 Å². The van der Waals surface area contributed by atoms with Gasteiger partial charge in [-0.2, -0.15) is 0 Å². The second-order valence-electron chi connectivity index (χ2n) is 3.84. The summed E-state index contributed by atoms with van der Waals surface area (Å²) in [4.78, 5) is 9.73. The highest BCUT2D eigenvalue weighted by atomic mass is 35.5. The highest BCUT2D eigenvalue weighted by Gasteiger charge is 2.20. The van der Waals surface area contributed by atoms with Crippen molar-refractivity contribution in [1.82, 2.24) is 0 Å². The molecule has 1 N–H and O–H groups in total. The maximum Gasteiger partial charge on any atom is 0.271 e. The predicted molar refractivity (Wildman–Crippen MR) is 75.4 cm³/mol. The summed E-state index contributed by atoms with van der Waals surface area (Å²) in [6.07, 6.45) is 0. The van der Waals surface area contributed by atoms with Crippen molar-refractivity contribution in [3.05, 3.63) is 63.7 Å². The minimum atomic E-state index is -3.89. The predicted octanol–water partition coefficient (Wildman–Crippen LogP) is 3.05. The third-order valence-electron chi connectivity index (χ3n) is 2.44. The van der Waals surface area contributed by atoms with Crippen LogP contribution in [0.1, 0.15) is 0 Å². The molecule has 20 heavy (non-hydrogen) atoms. The fourth-order valence-corrected chi connectivity index (χ4v) is 3.14. The van der Waals surface area contributed by atoms with Crippen LogP contribution in [0, 0.1) is 10.1 Å². The summed E-state index contributed by atoms with van der Waals surface area (Å²) >= 11 is 5.80. The number of sulfonamides is 1. The molecule has 0 amide bonds. The van der Waals surface area contributed by atoms with E-state index in [2.05, 4.69) is 4.72 Å². The Morgan fingerprint density at radius 3 is 2.30 bits per heavy atom. The molecule has 0 aliphatic heterocycles. The number of non-ortho nitro benzene ring substituents is 1. The second-order valence-corrected chi connectivity index (χ2v) is 5.90. The molecule has 0 bridgehead atoms. The Hall–Kier alpha value is -2.12. The van der Waals surface area contributed by atoms with E-state index >= 15 is 0 Å². The first-order chi connectivity index (χ1) is 9.40. The fraction of sp³-hybridized carbons (Fsp3) is 0. The Bertz CT molecular complexity index is 747. The van der Waals surface area contributed by atoms with Gasteiger partial charge in [0, 0.05) is 17.8 Å². The lowest BCUT2D eigenvalue weighted by atomic mass is 10.3. The van der Waals surface area contributed by atoms with E-state index in [1.807, 2.05) is 0 Å². The zero-order valence-electron chi connectivity index (χ0n) is 9.99. The van der Waals surface area contributed by atoms with Gasteiger partial charge >= 0.3 is 0 Å². The Balaban J connectivity index is 2.37. The summed E-state index contributed by atoms with van der Waals surface area (Å²) < 4.78 is 26.6. The number of benzene rings is 2. The standard InChI is InChI=1S/C12H9ClN2O4S/c13-11-8-10(15(16)17)6-7-12(11)20(18,19)14-9-4-2-1-3-5-9/h1-8,14H. The molecule has 8 heteroatoms. The molecular formula is C12H9ClN2O4S. The molecule has 0 saturated carbocycles. The van der Waals surface area contributed by atoms with Gasteiger partial charge in [0.05, 0.1) is 9.95 Å². The molecule has 0 unspecified atom stereocenters. The Morgan fingerprint density at radius 1 is 1.10 bits per heavy atom. The molecule has 0 saturated heterocycles. The van der Waals surface area contributed by atoms with Crippen LogP contribution in [-0.2, 0) is 10.0 Å². The van der Waals surface area contributed by atoms with Gasteiger partial charge in [0.2, 0.25) is 0 Å². The molecule has 2 aromatic carbocycles. The van der Waals surface area contributed by atoms with Gasteiger partial charge < -0.3 is 0 Å². The summed E-state index contributed by atoms with van der Waals surface area (Å²) in [6.45, 7) is 0. The lowest BCUT2D eigenvalue weighted by Crippen LogP contribution is -2.13. The number of para-hydroxylation sites is 1. The molecular weight excluding hydrogens is 304 g/mol. The Morgan fingerprint density at radius 2 is 1.75 bits per heavy atom. The van der Waals surface area contributed by atoms with Crippen molar-refractivity contribution < 1.29 is 13.3 Å². The van der Waals surface area contributed by atoms with Crippen LogP contribution in [0.15, 0.2) is 53.4 Å². The number of rotatable bonds is 4. The Kier molecular flexibility index (Phi) is 3.91. The summed E-state index contributed by atoms with van der Waals surface area (Å²) in [5, 5.41) is 10.4. The molecule has 6 nitrogen and oxygen atoms in total. The van der Waals surface area contributed by atoms with E-state index in [1.54, 1.807) is 30.3 Å². The average Bonchev–Trinajstić information content (AvgIpc) is 2.38. The number of nitro benzene ring substituents is 1. The van der Waals surface area contributed by atoms with E-state index < -0.39 is 14.9 Å². The van der Waals surface area contributed by atoms with Crippen LogP contribution in [0.5, 0.6) is 0 Å². The highest BCUT2D eigenvalue weighted by Crippen LogP contribution is 2.27. The van der Waals surface area contributed by atoms with Gasteiger partial charge in [0.15, 0.2) is 0 Å². The summed E-state index contributed by atoms with van der Waals surface area (Å²) in [6, 6.07) is 11.5. The van der Waals surface area contributed by atoms with Crippen molar-refractivity contribution in [2.24, 2.45) is 0 Å². The third kappa shape index (κ3) is 3.06. The largest absolute Gasteiger partial charge is 0.280 e. The van der Waals surface area contributed by atoms with Crippen LogP contribution < -0.4 is 4.72 Å². The zero-order chi connectivity index (χ0) is 14.8. The van der Waals surface area contributed by atoms with Crippen molar-refractivity contribution in [3.63, 3.8) is 0 Å². The van der Waals surface area contributed by atoms with Crippen molar-refractivity contribution >= 4 is 33.0 Å². The van der Waals surface area contributed by atoms with Crippen LogP contribution in [0.25, 0.3) is 0 Å². The van der Waals surface area contributed by atoms with Gasteiger partial charge in [-0.3, -0.25) is 14.8 Å². The molecule has 0 fully saturated rings. The van der Waals surface area contributed by atoms with Crippen molar-refractivity contribution in [1.29, 1.82) is 0 Å². The molecule has 0 radical (unpaired) electrons. The first-order valence-electron chi connectivity index (χ1n) is 5.42. The first kappa shape index (κ1) is 14.3. The SMILES string of the molecule is O=[N+]([O-])c1ccc(S(=O)(=O)Nc2ccccc2)c(Cl)c1. The van der Waals surface area contributed by atoms with Gasteiger partial charge in [0.25, 0.3) is 15.7 Å². The van der Waals surface area contributed by atoms with Crippen molar-refractivity contribution in [2.75, 3.05) is 4.72 Å². The van der Waals surface area contributed by atoms with Gasteiger partial charge in [-0.25, -0.2) is 8.42 Å². The number of anilines is 1. The number of halogens is 1. The van der Waals surface area contributed by atoms with E-state index in [1.165, 1.54) is 0 Å². The quantitative estimate of drug-likeness (QED) is 0.694. The highest BCUT2D eigenvalue weighted by molar-refractivity contribution is 7.92. The number of nitro groups is 1. The average molecular weight is 313 g/mol. The van der Waals surface area contributed by atoms with Crippen LogP contribution in [0.4, 0.5) is 11.4 Å². The zero-order valence-corrected chi connectivity index (χ0v) is 11.6. The molecule has 104 valence electrons. The molecule has 0 aliphatic carbocycles. The maximum absolute atomic E-state index is 12.1. The summed E-state index contributed by atoms with van der Waals surface area (Å²) in [7, 11) is -3.89. The van der Waals surface area contributed by atoms with Gasteiger partial charge in [-0.15, -0.1) is 0 Å². The van der Waals surface area contributed by atoms with E-state index in [4.69, 9.17) is 11.6 Å². The number of nitrogens with one attached hydrogen (secondary N) is 1. The minimum Gasteiger partial charge on any atom is -0.280 e. The van der Waals surface area contributed by atoms with Crippen LogP contribution in [0.3, 0.4) is 0 Å². The molecule has 2 rings (SSSR count). The van der Waals surface area contributed by atoms with E-state index in [-0.39, 0.29) is 15.6 Å². The van der Waals surface area contributed by atoms with Crippen molar-refractivity contribution in [2.45, 2.75) is 4.90 Å². The number of hydrogen-bond donors (Lipinski definition) is 1. The number of nitrogens with zero attached hydrogens (tertiary/aromatic N) is 1. The lowest BCUT2D eigenvalue weighted by molar-refractivity contribution is -0.384. The normalized spacial score (nSPS) is 11.1. The van der Waals surface area contributed by atoms with Gasteiger partial charge in [-0.05, 0) is 18.2 Å². The topological polar surface area (TPSA) is 89.3 Å². The summed E-state index contributed by atoms with van der Waals surface area (Å²) in [5.41, 5.74) is 0.107. The monoisotopic (exact) mass is 312 g/mol. The van der Waals surface area contributed by atoms with Crippen LogP contribution in [-0.4, -0.2) is 13.3 Å². The van der Waals surface area contributed by atoms with Crippen LogP contribution >= 0.6 is 11.6 Å². The molecule has 2 aromatic rings. The smallest absolute Gasteiger partial charge is 0.271 e. The van der Waals surface area contributed by atoms with E-state index in [9.17, 15) is 18.5 Å². The summed E-state index contributed by atoms with van der Waals surface area (Å²) in [5.74, 6) is 0. The molecule has 0 atom stereocenters. The Labute approximate surface area is 120 Å². The lowest BCUT2D eigenvalue weighted by Gasteiger charge is -2.09. The second kappa shape index (κ2) is 5.48. The third-order valence-corrected chi connectivity index (χ3v) is 4.31. The van der Waals surface area contributed by atoms with E-state index in [0.29, 0.717) is 5.69 Å². The molecule has 0 spiro atoms. The van der Waals surface area contributed by atoms with Gasteiger partial charge in [-0.1, -0.05) is 29.8 Å². The molecule has 0 aromatic heterocycles. The maximum atomic E-state index is 12.1. The van der Waals surface area contributed by atoms with Crippen molar-refractivity contribution in [3.8, 4) is 0 Å². The van der Waals surface area contributed by atoms with Crippen LogP contribution in [0.2, 0.25) is 5.02 Å².